The molecule has 7 nitrogen and oxygen atoms in total. The molecule has 0 aliphatic carbocycles. The van der Waals surface area contributed by atoms with Crippen molar-refractivity contribution in [2.45, 2.75) is 38.5 Å². The number of aliphatic hydroxyl groups is 1. The van der Waals surface area contributed by atoms with Gasteiger partial charge in [0.2, 0.25) is 10.0 Å². The molecule has 1 aromatic carbocycles. The fourth-order valence-electron chi connectivity index (χ4n) is 2.78. The molecular formula is C19H33ClN4O3S. The van der Waals surface area contributed by atoms with Crippen molar-refractivity contribution in [1.82, 2.24) is 15.4 Å². The number of aliphatic hydroxyl groups excluding tert-OH is 1. The molecule has 0 saturated carbocycles. The van der Waals surface area contributed by atoms with Crippen molar-refractivity contribution in [1.29, 1.82) is 0 Å². The zero-order chi connectivity index (χ0) is 21.0. The van der Waals surface area contributed by atoms with Gasteiger partial charge in [-0.05, 0) is 49.8 Å². The average Bonchev–Trinajstić information content (AvgIpc) is 2.62. The first kappa shape index (κ1) is 24.7. The second kappa shape index (κ2) is 13.0. The lowest BCUT2D eigenvalue weighted by atomic mass is 9.94. The van der Waals surface area contributed by atoms with Crippen molar-refractivity contribution < 1.29 is 13.5 Å². The van der Waals surface area contributed by atoms with Crippen LogP contribution in [0.1, 0.15) is 33.6 Å². The van der Waals surface area contributed by atoms with Gasteiger partial charge in [-0.3, -0.25) is 4.99 Å². The number of benzene rings is 1. The van der Waals surface area contributed by atoms with E-state index >= 15 is 0 Å². The van der Waals surface area contributed by atoms with Crippen molar-refractivity contribution in [2.75, 3.05) is 32.8 Å². The third kappa shape index (κ3) is 9.73. The summed E-state index contributed by atoms with van der Waals surface area (Å²) in [4.78, 5) is 4.72. The van der Waals surface area contributed by atoms with Crippen LogP contribution >= 0.6 is 11.6 Å². The van der Waals surface area contributed by atoms with Gasteiger partial charge in [-0.1, -0.05) is 31.5 Å². The highest BCUT2D eigenvalue weighted by Gasteiger charge is 2.14. The Hall–Kier alpha value is -1.35. The largest absolute Gasteiger partial charge is 0.396 e. The summed E-state index contributed by atoms with van der Waals surface area (Å²) in [5.74, 6) is 1.50. The third-order valence-electron chi connectivity index (χ3n) is 4.01. The number of nitrogens with one attached hydrogen (secondary N) is 3. The molecule has 0 spiro atoms. The van der Waals surface area contributed by atoms with Crippen molar-refractivity contribution >= 4 is 27.6 Å². The van der Waals surface area contributed by atoms with E-state index in [2.05, 4.69) is 34.2 Å². The predicted octanol–water partition coefficient (Wildman–Crippen LogP) is 2.22. The Kier molecular flexibility index (Phi) is 11.4. The number of hydrogen-bond donors (Lipinski definition) is 4. The monoisotopic (exact) mass is 432 g/mol. The Bertz CT molecular complexity index is 711. The van der Waals surface area contributed by atoms with E-state index < -0.39 is 10.0 Å². The van der Waals surface area contributed by atoms with Crippen LogP contribution in [0.25, 0.3) is 0 Å². The first-order valence-corrected chi connectivity index (χ1v) is 11.5. The first-order valence-electron chi connectivity index (χ1n) is 9.66. The molecule has 0 aliphatic rings. The molecular weight excluding hydrogens is 400 g/mol. The van der Waals surface area contributed by atoms with E-state index in [1.807, 2.05) is 6.92 Å². The molecule has 0 amide bonds. The Labute approximate surface area is 174 Å². The van der Waals surface area contributed by atoms with Crippen molar-refractivity contribution in [3.63, 3.8) is 0 Å². The highest BCUT2D eigenvalue weighted by molar-refractivity contribution is 7.89. The van der Waals surface area contributed by atoms with E-state index in [9.17, 15) is 13.5 Å². The Morgan fingerprint density at radius 2 is 2.00 bits per heavy atom. The SMILES string of the molecule is CCNC(=NCC(CCO)CC(C)C)NCCNS(=O)(=O)c1cccc(Cl)c1. The number of aliphatic imine (C=N–C) groups is 1. The van der Waals surface area contributed by atoms with E-state index in [-0.39, 0.29) is 18.0 Å². The van der Waals surface area contributed by atoms with Gasteiger partial charge in [0.25, 0.3) is 0 Å². The summed E-state index contributed by atoms with van der Waals surface area (Å²) in [7, 11) is -3.60. The number of guanidine groups is 1. The highest BCUT2D eigenvalue weighted by Crippen LogP contribution is 2.16. The number of halogens is 1. The minimum absolute atomic E-state index is 0.140. The number of rotatable bonds is 12. The quantitative estimate of drug-likeness (QED) is 0.230. The normalized spacial score (nSPS) is 13.6. The molecule has 160 valence electrons. The molecule has 0 aliphatic heterocycles. The molecule has 1 aromatic rings. The van der Waals surface area contributed by atoms with Crippen molar-refractivity contribution in [2.24, 2.45) is 16.8 Å². The number of hydrogen-bond acceptors (Lipinski definition) is 4. The van der Waals surface area contributed by atoms with Gasteiger partial charge in [0.15, 0.2) is 5.96 Å². The van der Waals surface area contributed by atoms with Gasteiger partial charge < -0.3 is 15.7 Å². The van der Waals surface area contributed by atoms with Crippen LogP contribution in [0.15, 0.2) is 34.2 Å². The van der Waals surface area contributed by atoms with Crippen LogP contribution in [0.5, 0.6) is 0 Å². The molecule has 9 heteroatoms. The summed E-state index contributed by atoms with van der Waals surface area (Å²) in [6, 6.07) is 6.15. The molecule has 0 aromatic heterocycles. The number of nitrogens with zero attached hydrogens (tertiary/aromatic N) is 1. The second-order valence-corrected chi connectivity index (χ2v) is 9.21. The summed E-state index contributed by atoms with van der Waals surface area (Å²) in [6.45, 7) is 8.36. The van der Waals surface area contributed by atoms with E-state index in [4.69, 9.17) is 11.6 Å². The van der Waals surface area contributed by atoms with Crippen LogP contribution in [-0.2, 0) is 10.0 Å². The highest BCUT2D eigenvalue weighted by atomic mass is 35.5. The Morgan fingerprint density at radius 1 is 1.25 bits per heavy atom. The molecule has 1 unspecified atom stereocenters. The predicted molar refractivity (Wildman–Crippen MR) is 115 cm³/mol. The van der Waals surface area contributed by atoms with Gasteiger partial charge in [-0.2, -0.15) is 0 Å². The zero-order valence-electron chi connectivity index (χ0n) is 16.9. The maximum atomic E-state index is 12.3. The summed E-state index contributed by atoms with van der Waals surface area (Å²) in [5.41, 5.74) is 0. The van der Waals surface area contributed by atoms with Crippen LogP contribution in [0, 0.1) is 11.8 Å². The smallest absolute Gasteiger partial charge is 0.240 e. The van der Waals surface area contributed by atoms with Crippen LogP contribution in [0.2, 0.25) is 5.02 Å². The summed E-state index contributed by atoms with van der Waals surface area (Å²) >= 11 is 5.86. The van der Waals surface area contributed by atoms with Crippen molar-refractivity contribution in [3.8, 4) is 0 Å². The molecule has 0 saturated heterocycles. The van der Waals surface area contributed by atoms with Crippen LogP contribution < -0.4 is 15.4 Å². The van der Waals surface area contributed by atoms with Crippen molar-refractivity contribution in [3.05, 3.63) is 29.3 Å². The molecule has 0 heterocycles. The van der Waals surface area contributed by atoms with E-state index in [1.165, 1.54) is 12.1 Å². The molecule has 0 fully saturated rings. The number of sulfonamides is 1. The molecule has 4 N–H and O–H groups in total. The fraction of sp³-hybridized carbons (Fsp3) is 0.632. The van der Waals surface area contributed by atoms with Gasteiger partial charge in [0.05, 0.1) is 4.90 Å². The van der Waals surface area contributed by atoms with Crippen LogP contribution in [0.4, 0.5) is 0 Å². The molecule has 28 heavy (non-hydrogen) atoms. The van der Waals surface area contributed by atoms with Gasteiger partial charge >= 0.3 is 0 Å². The minimum Gasteiger partial charge on any atom is -0.396 e. The molecule has 0 bridgehead atoms. The average molecular weight is 433 g/mol. The first-order chi connectivity index (χ1) is 13.3. The minimum atomic E-state index is -3.60. The zero-order valence-corrected chi connectivity index (χ0v) is 18.5. The Morgan fingerprint density at radius 3 is 2.61 bits per heavy atom. The standard InChI is InChI=1S/C19H33ClN4O3S/c1-4-21-19(23-14-16(8-11-25)12-15(2)3)22-9-10-24-28(26,27)18-7-5-6-17(20)13-18/h5-7,13,15-16,24-25H,4,8-12,14H2,1-3H3,(H2,21,22,23). The lowest BCUT2D eigenvalue weighted by Crippen LogP contribution is -2.41. The van der Waals surface area contributed by atoms with E-state index in [0.717, 1.165) is 12.8 Å². The molecule has 1 rings (SSSR count). The fourth-order valence-corrected chi connectivity index (χ4v) is 4.11. The maximum absolute atomic E-state index is 12.3. The Balaban J connectivity index is 2.56. The van der Waals surface area contributed by atoms with Crippen LogP contribution in [0.3, 0.4) is 0 Å². The molecule has 1 atom stereocenters. The molecule has 0 radical (unpaired) electrons. The van der Waals surface area contributed by atoms with Gasteiger partial charge in [0.1, 0.15) is 0 Å². The second-order valence-electron chi connectivity index (χ2n) is 7.01. The van der Waals surface area contributed by atoms with Crippen LogP contribution in [-0.4, -0.2) is 52.3 Å². The summed E-state index contributed by atoms with van der Waals surface area (Å²) in [5, 5.41) is 15.9. The topological polar surface area (TPSA) is 103 Å². The lowest BCUT2D eigenvalue weighted by Gasteiger charge is -2.17. The van der Waals surface area contributed by atoms with Gasteiger partial charge in [-0.25, -0.2) is 13.1 Å². The van der Waals surface area contributed by atoms with Gasteiger partial charge in [0, 0.05) is 37.8 Å². The summed E-state index contributed by atoms with van der Waals surface area (Å²) < 4.78 is 27.1. The third-order valence-corrected chi connectivity index (χ3v) is 5.70. The van der Waals surface area contributed by atoms with Gasteiger partial charge in [-0.15, -0.1) is 0 Å². The summed E-state index contributed by atoms with van der Waals surface area (Å²) in [6.07, 6.45) is 1.73. The lowest BCUT2D eigenvalue weighted by molar-refractivity contribution is 0.245. The van der Waals surface area contributed by atoms with E-state index in [0.29, 0.717) is 42.5 Å². The maximum Gasteiger partial charge on any atom is 0.240 e. The van der Waals surface area contributed by atoms with E-state index in [1.54, 1.807) is 12.1 Å².